The van der Waals surface area contributed by atoms with Gasteiger partial charge in [-0.25, -0.2) is 0 Å². The predicted molar refractivity (Wildman–Crippen MR) is 95.1 cm³/mol. The lowest BCUT2D eigenvalue weighted by Crippen LogP contribution is -2.22. The summed E-state index contributed by atoms with van der Waals surface area (Å²) in [5, 5.41) is 6.98. The van der Waals surface area contributed by atoms with Crippen LogP contribution < -0.4 is 14.8 Å². The zero-order valence-corrected chi connectivity index (χ0v) is 15.0. The Hall–Kier alpha value is -3.22. The summed E-state index contributed by atoms with van der Waals surface area (Å²) in [7, 11) is 3.45. The van der Waals surface area contributed by atoms with E-state index >= 15 is 0 Å². The van der Waals surface area contributed by atoms with E-state index in [4.69, 9.17) is 13.9 Å². The van der Waals surface area contributed by atoms with Crippen molar-refractivity contribution in [2.45, 2.75) is 20.1 Å². The quantitative estimate of drug-likeness (QED) is 0.705. The monoisotopic (exact) mass is 355 g/mol. The molecule has 2 heterocycles. The lowest BCUT2D eigenvalue weighted by molar-refractivity contribution is 0.0919. The molecule has 1 amide bonds. The van der Waals surface area contributed by atoms with Gasteiger partial charge in [-0.15, -0.1) is 0 Å². The first-order valence-corrected chi connectivity index (χ1v) is 8.18. The standard InChI is InChI=1S/C19H21N3O4/c1-13-14(11-21-22(13)2)10-20-19(23)18-9-8-15(26-18)12-25-17-7-5-4-6-16(17)24-3/h4-9,11H,10,12H2,1-3H3,(H,20,23). The Bertz CT molecular complexity index is 898. The number of hydrogen-bond acceptors (Lipinski definition) is 5. The van der Waals surface area contributed by atoms with Gasteiger partial charge in [0, 0.05) is 24.8 Å². The highest BCUT2D eigenvalue weighted by Gasteiger charge is 2.13. The van der Waals surface area contributed by atoms with Crippen molar-refractivity contribution in [3.05, 3.63) is 65.4 Å². The van der Waals surface area contributed by atoms with Gasteiger partial charge in [0.05, 0.1) is 13.3 Å². The third-order valence-corrected chi connectivity index (χ3v) is 4.10. The molecule has 7 heteroatoms. The molecule has 0 saturated heterocycles. The van der Waals surface area contributed by atoms with Crippen molar-refractivity contribution in [2.75, 3.05) is 7.11 Å². The molecule has 0 unspecified atom stereocenters. The first kappa shape index (κ1) is 17.6. The topological polar surface area (TPSA) is 78.5 Å². The minimum absolute atomic E-state index is 0.204. The molecule has 0 atom stereocenters. The smallest absolute Gasteiger partial charge is 0.287 e. The molecule has 3 aromatic rings. The average molecular weight is 355 g/mol. The number of aryl methyl sites for hydroxylation is 1. The second-order valence-corrected chi connectivity index (χ2v) is 5.77. The minimum atomic E-state index is -0.281. The van der Waals surface area contributed by atoms with Crippen molar-refractivity contribution in [1.29, 1.82) is 0 Å². The fourth-order valence-electron chi connectivity index (χ4n) is 2.44. The van der Waals surface area contributed by atoms with Crippen LogP contribution in [0.1, 0.15) is 27.6 Å². The largest absolute Gasteiger partial charge is 0.493 e. The van der Waals surface area contributed by atoms with Crippen molar-refractivity contribution in [3.63, 3.8) is 0 Å². The normalized spacial score (nSPS) is 10.6. The van der Waals surface area contributed by atoms with Gasteiger partial charge in [-0.1, -0.05) is 12.1 Å². The number of amides is 1. The van der Waals surface area contributed by atoms with Crippen LogP contribution in [-0.2, 0) is 20.2 Å². The van der Waals surface area contributed by atoms with E-state index < -0.39 is 0 Å². The van der Waals surface area contributed by atoms with E-state index in [9.17, 15) is 4.79 Å². The SMILES string of the molecule is COc1ccccc1OCc1ccc(C(=O)NCc2cnn(C)c2C)o1. The van der Waals surface area contributed by atoms with Gasteiger partial charge in [-0.2, -0.15) is 5.10 Å². The molecule has 0 aliphatic heterocycles. The number of rotatable bonds is 7. The highest BCUT2D eigenvalue weighted by atomic mass is 16.5. The van der Waals surface area contributed by atoms with Crippen LogP contribution in [0.3, 0.4) is 0 Å². The summed E-state index contributed by atoms with van der Waals surface area (Å²) >= 11 is 0. The zero-order chi connectivity index (χ0) is 18.5. The zero-order valence-electron chi connectivity index (χ0n) is 15.0. The molecule has 0 radical (unpaired) electrons. The molecule has 0 bridgehead atoms. The first-order chi connectivity index (χ1) is 12.6. The van der Waals surface area contributed by atoms with Crippen molar-refractivity contribution in [3.8, 4) is 11.5 Å². The Morgan fingerprint density at radius 3 is 2.69 bits per heavy atom. The van der Waals surface area contributed by atoms with Crippen LogP contribution in [0.4, 0.5) is 0 Å². The van der Waals surface area contributed by atoms with Crippen LogP contribution in [-0.4, -0.2) is 22.8 Å². The molecule has 7 nitrogen and oxygen atoms in total. The van der Waals surface area contributed by atoms with E-state index in [1.54, 1.807) is 30.1 Å². The number of nitrogens with zero attached hydrogens (tertiary/aromatic N) is 2. The van der Waals surface area contributed by atoms with Crippen molar-refractivity contribution in [2.24, 2.45) is 7.05 Å². The number of carbonyl (C=O) groups is 1. The van der Waals surface area contributed by atoms with Crippen molar-refractivity contribution < 1.29 is 18.7 Å². The molecule has 2 aromatic heterocycles. The Morgan fingerprint density at radius 2 is 2.00 bits per heavy atom. The third kappa shape index (κ3) is 3.88. The van der Waals surface area contributed by atoms with Crippen LogP contribution in [0, 0.1) is 6.92 Å². The first-order valence-electron chi connectivity index (χ1n) is 8.18. The second-order valence-electron chi connectivity index (χ2n) is 5.77. The fourth-order valence-corrected chi connectivity index (χ4v) is 2.44. The Kier molecular flexibility index (Phi) is 5.26. The van der Waals surface area contributed by atoms with Gasteiger partial charge in [0.2, 0.25) is 0 Å². The Labute approximate surface area is 151 Å². The van der Waals surface area contributed by atoms with E-state index in [1.807, 2.05) is 38.2 Å². The molecule has 1 aromatic carbocycles. The highest BCUT2D eigenvalue weighted by molar-refractivity contribution is 5.91. The fraction of sp³-hybridized carbons (Fsp3) is 0.263. The number of ether oxygens (including phenoxy) is 2. The van der Waals surface area contributed by atoms with Gasteiger partial charge in [0.1, 0.15) is 12.4 Å². The number of para-hydroxylation sites is 2. The number of hydrogen-bond donors (Lipinski definition) is 1. The summed E-state index contributed by atoms with van der Waals surface area (Å²) in [6.45, 7) is 2.55. The van der Waals surface area contributed by atoms with Gasteiger partial charge < -0.3 is 19.2 Å². The maximum absolute atomic E-state index is 12.2. The van der Waals surface area contributed by atoms with Crippen molar-refractivity contribution in [1.82, 2.24) is 15.1 Å². The van der Waals surface area contributed by atoms with Crippen LogP contribution in [0.15, 0.2) is 47.0 Å². The average Bonchev–Trinajstić information content (AvgIpc) is 3.26. The molecule has 0 spiro atoms. The van der Waals surface area contributed by atoms with E-state index in [1.165, 1.54) is 0 Å². The minimum Gasteiger partial charge on any atom is -0.493 e. The number of carbonyl (C=O) groups excluding carboxylic acids is 1. The van der Waals surface area contributed by atoms with Crippen LogP contribution in [0.2, 0.25) is 0 Å². The second kappa shape index (κ2) is 7.77. The lowest BCUT2D eigenvalue weighted by atomic mass is 10.2. The molecule has 136 valence electrons. The molecule has 0 aliphatic rings. The molecule has 3 rings (SSSR count). The van der Waals surface area contributed by atoms with Gasteiger partial charge in [-0.3, -0.25) is 9.48 Å². The van der Waals surface area contributed by atoms with Crippen LogP contribution in [0.5, 0.6) is 11.5 Å². The number of aromatic nitrogens is 2. The molecule has 0 aliphatic carbocycles. The predicted octanol–water partition coefficient (Wildman–Crippen LogP) is 2.84. The third-order valence-electron chi connectivity index (χ3n) is 4.10. The molecule has 1 N–H and O–H groups in total. The molecule has 0 fully saturated rings. The number of methoxy groups -OCH3 is 1. The Balaban J connectivity index is 1.57. The van der Waals surface area contributed by atoms with Gasteiger partial charge in [0.15, 0.2) is 17.3 Å². The molecule has 0 saturated carbocycles. The van der Waals surface area contributed by atoms with E-state index in [2.05, 4.69) is 10.4 Å². The Morgan fingerprint density at radius 1 is 1.23 bits per heavy atom. The summed E-state index contributed by atoms with van der Waals surface area (Å²) in [4.78, 5) is 12.2. The van der Waals surface area contributed by atoms with Gasteiger partial charge in [0.25, 0.3) is 5.91 Å². The van der Waals surface area contributed by atoms with Crippen LogP contribution >= 0.6 is 0 Å². The number of furan rings is 1. The van der Waals surface area contributed by atoms with E-state index in [-0.39, 0.29) is 18.3 Å². The summed E-state index contributed by atoms with van der Waals surface area (Å²) < 4.78 is 18.3. The number of benzene rings is 1. The van der Waals surface area contributed by atoms with E-state index in [0.29, 0.717) is 23.8 Å². The maximum Gasteiger partial charge on any atom is 0.287 e. The number of nitrogens with one attached hydrogen (secondary N) is 1. The van der Waals surface area contributed by atoms with Crippen molar-refractivity contribution >= 4 is 5.91 Å². The van der Waals surface area contributed by atoms with Gasteiger partial charge in [-0.05, 0) is 31.2 Å². The summed E-state index contributed by atoms with van der Waals surface area (Å²) in [5.41, 5.74) is 1.97. The van der Waals surface area contributed by atoms with Gasteiger partial charge >= 0.3 is 0 Å². The summed E-state index contributed by atoms with van der Waals surface area (Å²) in [6.07, 6.45) is 1.74. The summed E-state index contributed by atoms with van der Waals surface area (Å²) in [6, 6.07) is 10.7. The lowest BCUT2D eigenvalue weighted by Gasteiger charge is -2.08. The highest BCUT2D eigenvalue weighted by Crippen LogP contribution is 2.26. The van der Waals surface area contributed by atoms with Crippen LogP contribution in [0.25, 0.3) is 0 Å². The summed E-state index contributed by atoms with van der Waals surface area (Å²) in [5.74, 6) is 1.77. The van der Waals surface area contributed by atoms with E-state index in [0.717, 1.165) is 11.3 Å². The molecule has 26 heavy (non-hydrogen) atoms. The molecular formula is C19H21N3O4. The maximum atomic E-state index is 12.2. The molecular weight excluding hydrogens is 334 g/mol.